The number of nitrogens with one attached hydrogen (secondary N) is 1. The molecule has 5 heteroatoms. The molecule has 0 aliphatic carbocycles. The first-order valence-electron chi connectivity index (χ1n) is 8.71. The van der Waals surface area contributed by atoms with Gasteiger partial charge in [-0.25, -0.2) is 0 Å². The van der Waals surface area contributed by atoms with E-state index >= 15 is 0 Å². The lowest BCUT2D eigenvalue weighted by Crippen LogP contribution is -2.48. The van der Waals surface area contributed by atoms with E-state index in [-0.39, 0.29) is 11.9 Å². The fraction of sp³-hybridized carbons (Fsp3) is 0.611. The van der Waals surface area contributed by atoms with Crippen LogP contribution in [0, 0.1) is 0 Å². The van der Waals surface area contributed by atoms with Gasteiger partial charge in [0.1, 0.15) is 0 Å². The zero-order valence-electron chi connectivity index (χ0n) is 13.7. The minimum Gasteiger partial charge on any atom is -0.379 e. The second-order valence-electron chi connectivity index (χ2n) is 6.40. The maximum atomic E-state index is 12.0. The van der Waals surface area contributed by atoms with Crippen molar-refractivity contribution in [3.63, 3.8) is 0 Å². The van der Waals surface area contributed by atoms with Gasteiger partial charge in [-0.05, 0) is 25.0 Å². The SMILES string of the molecule is O=C(CCN1CCN(c2ccccc2)CC1)N[C@H]1CCCOC1. The maximum Gasteiger partial charge on any atom is 0.221 e. The summed E-state index contributed by atoms with van der Waals surface area (Å²) < 4.78 is 5.40. The Morgan fingerprint density at radius 3 is 2.65 bits per heavy atom. The number of nitrogens with zero attached hydrogens (tertiary/aromatic N) is 2. The third-order valence-electron chi connectivity index (χ3n) is 4.67. The van der Waals surface area contributed by atoms with Crippen LogP contribution in [-0.4, -0.2) is 62.8 Å². The molecule has 0 spiro atoms. The number of amides is 1. The summed E-state index contributed by atoms with van der Waals surface area (Å²) >= 11 is 0. The third kappa shape index (κ3) is 4.94. The van der Waals surface area contributed by atoms with E-state index in [2.05, 4.69) is 45.4 Å². The molecule has 126 valence electrons. The van der Waals surface area contributed by atoms with Crippen LogP contribution in [-0.2, 0) is 9.53 Å². The van der Waals surface area contributed by atoms with E-state index < -0.39 is 0 Å². The van der Waals surface area contributed by atoms with E-state index in [1.165, 1.54) is 5.69 Å². The standard InChI is InChI=1S/C18H27N3O2/c22-18(19-16-5-4-14-23-15-16)8-9-20-10-12-21(13-11-20)17-6-2-1-3-7-17/h1-3,6-7,16H,4-5,8-15H2,(H,19,22)/t16-/m0/s1. The predicted octanol–water partition coefficient (Wildman–Crippen LogP) is 1.49. The quantitative estimate of drug-likeness (QED) is 0.894. The molecular formula is C18H27N3O2. The molecule has 3 rings (SSSR count). The van der Waals surface area contributed by atoms with Crippen LogP contribution in [0.3, 0.4) is 0 Å². The van der Waals surface area contributed by atoms with Crippen molar-refractivity contribution < 1.29 is 9.53 Å². The first-order chi connectivity index (χ1) is 11.3. The molecule has 23 heavy (non-hydrogen) atoms. The smallest absolute Gasteiger partial charge is 0.221 e. The fourth-order valence-corrected chi connectivity index (χ4v) is 3.28. The molecule has 2 aliphatic rings. The fourth-order valence-electron chi connectivity index (χ4n) is 3.28. The Morgan fingerprint density at radius 1 is 1.17 bits per heavy atom. The van der Waals surface area contributed by atoms with Crippen LogP contribution in [0.5, 0.6) is 0 Å². The van der Waals surface area contributed by atoms with Crippen molar-refractivity contribution in [2.24, 2.45) is 0 Å². The Labute approximate surface area is 138 Å². The Morgan fingerprint density at radius 2 is 1.96 bits per heavy atom. The van der Waals surface area contributed by atoms with Crippen LogP contribution in [0.2, 0.25) is 0 Å². The van der Waals surface area contributed by atoms with Gasteiger partial charge in [0.15, 0.2) is 0 Å². The zero-order chi connectivity index (χ0) is 15.9. The van der Waals surface area contributed by atoms with Crippen molar-refractivity contribution in [1.82, 2.24) is 10.2 Å². The van der Waals surface area contributed by atoms with Crippen molar-refractivity contribution in [3.05, 3.63) is 30.3 Å². The van der Waals surface area contributed by atoms with Gasteiger partial charge in [0.25, 0.3) is 0 Å². The predicted molar refractivity (Wildman–Crippen MR) is 91.7 cm³/mol. The first-order valence-corrected chi connectivity index (χ1v) is 8.71. The van der Waals surface area contributed by atoms with Gasteiger partial charge >= 0.3 is 0 Å². The van der Waals surface area contributed by atoms with Crippen LogP contribution in [0.15, 0.2) is 30.3 Å². The number of rotatable bonds is 5. The maximum absolute atomic E-state index is 12.0. The molecule has 2 aliphatic heterocycles. The highest BCUT2D eigenvalue weighted by atomic mass is 16.5. The number of benzene rings is 1. The zero-order valence-corrected chi connectivity index (χ0v) is 13.7. The summed E-state index contributed by atoms with van der Waals surface area (Å²) in [4.78, 5) is 16.8. The number of hydrogen-bond donors (Lipinski definition) is 1. The van der Waals surface area contributed by atoms with Gasteiger partial charge in [-0.1, -0.05) is 18.2 Å². The second-order valence-corrected chi connectivity index (χ2v) is 6.40. The number of carbonyl (C=O) groups is 1. The average Bonchev–Trinajstić information content (AvgIpc) is 2.62. The largest absolute Gasteiger partial charge is 0.379 e. The Balaban J connectivity index is 1.35. The van der Waals surface area contributed by atoms with Gasteiger partial charge in [0.05, 0.1) is 12.6 Å². The van der Waals surface area contributed by atoms with Crippen molar-refractivity contribution in [2.75, 3.05) is 50.8 Å². The molecular weight excluding hydrogens is 290 g/mol. The van der Waals surface area contributed by atoms with Crippen LogP contribution >= 0.6 is 0 Å². The Hall–Kier alpha value is -1.59. The van der Waals surface area contributed by atoms with Gasteiger partial charge in [0, 0.05) is 51.4 Å². The number of piperazine rings is 1. The van der Waals surface area contributed by atoms with E-state index in [0.717, 1.165) is 52.2 Å². The van der Waals surface area contributed by atoms with Crippen molar-refractivity contribution in [2.45, 2.75) is 25.3 Å². The van der Waals surface area contributed by atoms with Gasteiger partial charge in [-0.3, -0.25) is 9.69 Å². The second kappa shape index (κ2) is 8.31. The molecule has 0 saturated carbocycles. The molecule has 0 aromatic heterocycles. The molecule has 1 aromatic rings. The topological polar surface area (TPSA) is 44.8 Å². The summed E-state index contributed by atoms with van der Waals surface area (Å²) in [6.07, 6.45) is 2.68. The molecule has 2 fully saturated rings. The van der Waals surface area contributed by atoms with Gasteiger partial charge in [-0.2, -0.15) is 0 Å². The Kier molecular flexibility index (Phi) is 5.88. The van der Waals surface area contributed by atoms with Gasteiger partial charge < -0.3 is 15.0 Å². The summed E-state index contributed by atoms with van der Waals surface area (Å²) in [5, 5.41) is 3.09. The highest BCUT2D eigenvalue weighted by Crippen LogP contribution is 2.15. The van der Waals surface area contributed by atoms with Crippen molar-refractivity contribution in [3.8, 4) is 0 Å². The van der Waals surface area contributed by atoms with E-state index in [1.807, 2.05) is 0 Å². The first kappa shape index (κ1) is 16.3. The van der Waals surface area contributed by atoms with E-state index in [0.29, 0.717) is 13.0 Å². The molecule has 2 heterocycles. The van der Waals surface area contributed by atoms with E-state index in [4.69, 9.17) is 4.74 Å². The van der Waals surface area contributed by atoms with Gasteiger partial charge in [0.2, 0.25) is 5.91 Å². The number of ether oxygens (including phenoxy) is 1. The molecule has 1 aromatic carbocycles. The highest BCUT2D eigenvalue weighted by molar-refractivity contribution is 5.76. The normalized spacial score (nSPS) is 22.8. The average molecular weight is 317 g/mol. The lowest BCUT2D eigenvalue weighted by Gasteiger charge is -2.36. The number of hydrogen-bond acceptors (Lipinski definition) is 4. The molecule has 2 saturated heterocycles. The minimum atomic E-state index is 0.158. The summed E-state index contributed by atoms with van der Waals surface area (Å²) in [5.41, 5.74) is 1.29. The molecule has 0 bridgehead atoms. The molecule has 0 radical (unpaired) electrons. The summed E-state index contributed by atoms with van der Waals surface area (Å²) in [6, 6.07) is 10.8. The van der Waals surface area contributed by atoms with E-state index in [1.54, 1.807) is 0 Å². The molecule has 1 atom stereocenters. The molecule has 5 nitrogen and oxygen atoms in total. The van der Waals surface area contributed by atoms with Crippen molar-refractivity contribution in [1.29, 1.82) is 0 Å². The highest BCUT2D eigenvalue weighted by Gasteiger charge is 2.19. The summed E-state index contributed by atoms with van der Waals surface area (Å²) in [6.45, 7) is 6.45. The van der Waals surface area contributed by atoms with Crippen molar-refractivity contribution >= 4 is 11.6 Å². The van der Waals surface area contributed by atoms with Crippen LogP contribution in [0.25, 0.3) is 0 Å². The summed E-state index contributed by atoms with van der Waals surface area (Å²) in [5.74, 6) is 0.158. The summed E-state index contributed by atoms with van der Waals surface area (Å²) in [7, 11) is 0. The number of carbonyl (C=O) groups excluding carboxylic acids is 1. The molecule has 1 N–H and O–H groups in total. The Bertz CT molecular complexity index is 480. The lowest BCUT2D eigenvalue weighted by atomic mass is 10.1. The lowest BCUT2D eigenvalue weighted by molar-refractivity contribution is -0.123. The van der Waals surface area contributed by atoms with Gasteiger partial charge in [-0.15, -0.1) is 0 Å². The molecule has 0 unspecified atom stereocenters. The van der Waals surface area contributed by atoms with Crippen LogP contribution in [0.1, 0.15) is 19.3 Å². The third-order valence-corrected chi connectivity index (χ3v) is 4.67. The monoisotopic (exact) mass is 317 g/mol. The van der Waals surface area contributed by atoms with E-state index in [9.17, 15) is 4.79 Å². The number of para-hydroxylation sites is 1. The number of anilines is 1. The minimum absolute atomic E-state index is 0.158. The molecule has 1 amide bonds. The van der Waals surface area contributed by atoms with Crippen LogP contribution < -0.4 is 10.2 Å². The van der Waals surface area contributed by atoms with Crippen LogP contribution in [0.4, 0.5) is 5.69 Å².